The van der Waals surface area contributed by atoms with Crippen molar-refractivity contribution < 1.29 is 4.48 Å². The van der Waals surface area contributed by atoms with Gasteiger partial charge < -0.3 is 4.48 Å². The lowest BCUT2D eigenvalue weighted by molar-refractivity contribution is -0.954. The number of quaternary nitrogens is 1. The largest absolute Gasteiger partial charge is 0.304 e. The fourth-order valence-electron chi connectivity index (χ4n) is 5.66. The van der Waals surface area contributed by atoms with Crippen LogP contribution in [0.5, 0.6) is 0 Å². The van der Waals surface area contributed by atoms with Crippen molar-refractivity contribution in [3.63, 3.8) is 0 Å². The molecule has 4 aliphatic rings. The van der Waals surface area contributed by atoms with Gasteiger partial charge in [-0.3, -0.25) is 9.80 Å². The van der Waals surface area contributed by atoms with E-state index in [1.54, 1.807) is 0 Å². The van der Waals surface area contributed by atoms with Gasteiger partial charge in [0, 0.05) is 32.7 Å². The summed E-state index contributed by atoms with van der Waals surface area (Å²) in [6.45, 7) is 14.6. The number of hydrogen-bond donors (Lipinski definition) is 0. The maximum atomic E-state index is 2.84. The Morgan fingerprint density at radius 1 is 0.727 bits per heavy atom. The van der Waals surface area contributed by atoms with Crippen LogP contribution in [-0.2, 0) is 0 Å². The molecule has 4 rings (SSSR count). The molecule has 0 bridgehead atoms. The molecule has 3 atom stereocenters. The lowest BCUT2D eigenvalue weighted by atomic mass is 10.1. The molecule has 0 aromatic heterocycles. The van der Waals surface area contributed by atoms with Crippen molar-refractivity contribution in [3.8, 4) is 0 Å². The molecule has 4 aliphatic heterocycles. The average Bonchev–Trinajstić information content (AvgIpc) is 3.11. The van der Waals surface area contributed by atoms with Gasteiger partial charge in [0.1, 0.15) is 6.17 Å². The Labute approximate surface area is 136 Å². The predicted molar refractivity (Wildman–Crippen MR) is 90.5 cm³/mol. The highest BCUT2D eigenvalue weighted by Crippen LogP contribution is 2.39. The third kappa shape index (κ3) is 2.52. The van der Waals surface area contributed by atoms with Crippen LogP contribution in [-0.4, -0.2) is 90.4 Å². The van der Waals surface area contributed by atoms with Gasteiger partial charge in [0.05, 0.1) is 26.2 Å². The van der Waals surface area contributed by atoms with Crippen LogP contribution in [0.2, 0.25) is 0 Å². The van der Waals surface area contributed by atoms with Crippen molar-refractivity contribution in [2.24, 2.45) is 0 Å². The summed E-state index contributed by atoms with van der Waals surface area (Å²) in [5.41, 5.74) is 0. The molecule has 4 nitrogen and oxygen atoms in total. The summed E-state index contributed by atoms with van der Waals surface area (Å²) < 4.78 is 1.44. The van der Waals surface area contributed by atoms with Crippen molar-refractivity contribution in [1.82, 2.24) is 14.7 Å². The normalized spacial score (nSPS) is 38.6. The number of unbranched alkanes of at least 4 members (excludes halogenated alkanes) is 5. The standard InChI is InChI=1S/C18H35N4/c1-2-3-4-5-6-7-14-22-15-12-20-9-8-19-10-11-21(13-16-22)18(22)17(19)20/h17-18H,2-16H2,1H3/q+1. The molecule has 0 aliphatic carbocycles. The van der Waals surface area contributed by atoms with Crippen LogP contribution in [0.25, 0.3) is 0 Å². The molecule has 126 valence electrons. The molecule has 4 fully saturated rings. The second kappa shape index (κ2) is 6.39. The van der Waals surface area contributed by atoms with Crippen LogP contribution < -0.4 is 0 Å². The molecular formula is C18H35N4+. The van der Waals surface area contributed by atoms with Gasteiger partial charge in [-0.1, -0.05) is 32.6 Å². The lowest BCUT2D eigenvalue weighted by Gasteiger charge is -2.54. The highest BCUT2D eigenvalue weighted by Gasteiger charge is 2.59. The molecule has 0 spiro atoms. The van der Waals surface area contributed by atoms with Crippen LogP contribution in [0.1, 0.15) is 45.4 Å². The van der Waals surface area contributed by atoms with E-state index in [-0.39, 0.29) is 0 Å². The molecule has 0 N–H and O–H groups in total. The van der Waals surface area contributed by atoms with Crippen molar-refractivity contribution in [2.75, 3.05) is 58.9 Å². The Morgan fingerprint density at radius 3 is 2.09 bits per heavy atom. The summed E-state index contributed by atoms with van der Waals surface area (Å²) in [7, 11) is 0. The number of nitrogens with zero attached hydrogens (tertiary/aromatic N) is 4. The topological polar surface area (TPSA) is 9.72 Å². The number of hydrogen-bond acceptors (Lipinski definition) is 3. The Morgan fingerprint density at radius 2 is 1.32 bits per heavy atom. The monoisotopic (exact) mass is 307 g/mol. The van der Waals surface area contributed by atoms with Gasteiger partial charge in [0.15, 0.2) is 6.17 Å². The summed E-state index contributed by atoms with van der Waals surface area (Å²) in [5, 5.41) is 0. The van der Waals surface area contributed by atoms with E-state index in [9.17, 15) is 0 Å². The van der Waals surface area contributed by atoms with Gasteiger partial charge in [-0.2, -0.15) is 0 Å². The minimum Gasteiger partial charge on any atom is -0.304 e. The minimum atomic E-state index is 0.755. The van der Waals surface area contributed by atoms with Gasteiger partial charge in [0.2, 0.25) is 0 Å². The highest BCUT2D eigenvalue weighted by atomic mass is 15.6. The Hall–Kier alpha value is -0.160. The zero-order valence-electron chi connectivity index (χ0n) is 14.6. The van der Waals surface area contributed by atoms with Crippen molar-refractivity contribution in [1.29, 1.82) is 0 Å². The molecule has 0 aromatic rings. The Kier molecular flexibility index (Phi) is 4.46. The van der Waals surface area contributed by atoms with Crippen LogP contribution in [0.3, 0.4) is 0 Å². The van der Waals surface area contributed by atoms with E-state index >= 15 is 0 Å². The van der Waals surface area contributed by atoms with E-state index in [1.165, 1.54) is 102 Å². The van der Waals surface area contributed by atoms with E-state index in [4.69, 9.17) is 0 Å². The molecule has 4 saturated heterocycles. The predicted octanol–water partition coefficient (Wildman–Crippen LogP) is 1.78. The Bertz CT molecular complexity index is 381. The Balaban J connectivity index is 1.38. The summed E-state index contributed by atoms with van der Waals surface area (Å²) in [6, 6.07) is 0. The number of piperazine rings is 2. The fraction of sp³-hybridized carbons (Fsp3) is 1.00. The minimum absolute atomic E-state index is 0.755. The van der Waals surface area contributed by atoms with Gasteiger partial charge in [-0.05, 0) is 12.8 Å². The summed E-state index contributed by atoms with van der Waals surface area (Å²) in [4.78, 5) is 8.43. The first kappa shape index (κ1) is 15.4. The van der Waals surface area contributed by atoms with Crippen LogP contribution in [0.15, 0.2) is 0 Å². The molecule has 3 unspecified atom stereocenters. The van der Waals surface area contributed by atoms with Crippen LogP contribution in [0.4, 0.5) is 0 Å². The molecule has 4 heteroatoms. The zero-order chi connectivity index (χ0) is 15.0. The quantitative estimate of drug-likeness (QED) is 0.524. The van der Waals surface area contributed by atoms with E-state index in [0.717, 1.165) is 12.3 Å². The first-order valence-corrected chi connectivity index (χ1v) is 9.92. The summed E-state index contributed by atoms with van der Waals surface area (Å²) in [5.74, 6) is 0. The second-order valence-electron chi connectivity index (χ2n) is 8.09. The molecule has 22 heavy (non-hydrogen) atoms. The van der Waals surface area contributed by atoms with Crippen molar-refractivity contribution in [2.45, 2.75) is 57.8 Å². The van der Waals surface area contributed by atoms with Crippen LogP contribution in [0, 0.1) is 0 Å². The van der Waals surface area contributed by atoms with Gasteiger partial charge >= 0.3 is 0 Å². The molecular weight excluding hydrogens is 272 g/mol. The van der Waals surface area contributed by atoms with Gasteiger partial charge in [-0.25, -0.2) is 4.90 Å². The molecule has 0 saturated carbocycles. The van der Waals surface area contributed by atoms with Crippen molar-refractivity contribution in [3.05, 3.63) is 0 Å². The molecule has 0 aromatic carbocycles. The van der Waals surface area contributed by atoms with Gasteiger partial charge in [0.25, 0.3) is 0 Å². The summed E-state index contributed by atoms with van der Waals surface area (Å²) in [6.07, 6.45) is 10.2. The SMILES string of the molecule is CCCCCCCC[N+]12CCN3CCN4CCN(CC1)C2C43. The number of rotatable bonds is 7. The first-order valence-electron chi connectivity index (χ1n) is 9.92. The fourth-order valence-corrected chi connectivity index (χ4v) is 5.66. The zero-order valence-corrected chi connectivity index (χ0v) is 14.6. The first-order chi connectivity index (χ1) is 10.8. The van der Waals surface area contributed by atoms with Crippen molar-refractivity contribution >= 4 is 0 Å². The van der Waals surface area contributed by atoms with Gasteiger partial charge in [-0.15, -0.1) is 0 Å². The maximum absolute atomic E-state index is 2.84. The molecule has 0 radical (unpaired) electrons. The highest BCUT2D eigenvalue weighted by molar-refractivity contribution is 4.97. The maximum Gasteiger partial charge on any atom is 0.175 e. The summed E-state index contributed by atoms with van der Waals surface area (Å²) >= 11 is 0. The molecule has 4 heterocycles. The average molecular weight is 308 g/mol. The second-order valence-corrected chi connectivity index (χ2v) is 8.09. The van der Waals surface area contributed by atoms with E-state index in [2.05, 4.69) is 21.6 Å². The molecule has 0 amide bonds. The van der Waals surface area contributed by atoms with E-state index < -0.39 is 0 Å². The smallest absolute Gasteiger partial charge is 0.175 e. The van der Waals surface area contributed by atoms with E-state index in [1.807, 2.05) is 0 Å². The third-order valence-corrected chi connectivity index (χ3v) is 6.92. The third-order valence-electron chi connectivity index (χ3n) is 6.92. The lowest BCUT2D eigenvalue weighted by Crippen LogP contribution is -2.73. The van der Waals surface area contributed by atoms with Crippen LogP contribution >= 0.6 is 0 Å². The van der Waals surface area contributed by atoms with E-state index in [0.29, 0.717) is 0 Å².